The van der Waals surface area contributed by atoms with Gasteiger partial charge in [-0.3, -0.25) is 4.79 Å². The van der Waals surface area contributed by atoms with Gasteiger partial charge in [0, 0.05) is 12.2 Å². The molecule has 1 atom stereocenters. The summed E-state index contributed by atoms with van der Waals surface area (Å²) in [6.45, 7) is 8.80. The number of rotatable bonds is 5. The van der Waals surface area contributed by atoms with E-state index in [-0.39, 0.29) is 11.9 Å². The molecule has 0 radical (unpaired) electrons. The monoisotopic (exact) mass is 234 g/mol. The highest BCUT2D eigenvalue weighted by Gasteiger charge is 2.12. The third-order valence-electron chi connectivity index (χ3n) is 2.92. The van der Waals surface area contributed by atoms with Gasteiger partial charge in [-0.05, 0) is 44.4 Å². The summed E-state index contributed by atoms with van der Waals surface area (Å²) in [6, 6.07) is 5.87. The largest absolute Gasteiger partial charge is 0.374 e. The summed E-state index contributed by atoms with van der Waals surface area (Å²) in [4.78, 5) is 11.7. The van der Waals surface area contributed by atoms with Crippen LogP contribution in [0.2, 0.25) is 0 Å². The summed E-state index contributed by atoms with van der Waals surface area (Å²) in [5, 5.41) is 6.13. The van der Waals surface area contributed by atoms with Crippen molar-refractivity contribution in [1.29, 1.82) is 0 Å². The molecule has 17 heavy (non-hydrogen) atoms. The van der Waals surface area contributed by atoms with Gasteiger partial charge in [-0.25, -0.2) is 0 Å². The minimum Gasteiger partial charge on any atom is -0.374 e. The van der Waals surface area contributed by atoms with Crippen molar-refractivity contribution in [2.24, 2.45) is 0 Å². The van der Waals surface area contributed by atoms with E-state index < -0.39 is 0 Å². The highest BCUT2D eigenvalue weighted by atomic mass is 16.2. The molecule has 1 aromatic carbocycles. The molecule has 1 aromatic rings. The Balaban J connectivity index is 2.64. The fraction of sp³-hybridized carbons (Fsp3) is 0.500. The predicted molar refractivity (Wildman–Crippen MR) is 72.3 cm³/mol. The minimum absolute atomic E-state index is 0.0488. The lowest BCUT2D eigenvalue weighted by Crippen LogP contribution is -2.38. The minimum atomic E-state index is -0.206. The van der Waals surface area contributed by atoms with Crippen molar-refractivity contribution < 1.29 is 4.79 Å². The summed E-state index contributed by atoms with van der Waals surface area (Å²) in [5.74, 6) is 0.0488. The molecule has 0 aliphatic rings. The van der Waals surface area contributed by atoms with Crippen LogP contribution in [0.1, 0.15) is 31.4 Å². The third-order valence-corrected chi connectivity index (χ3v) is 2.92. The van der Waals surface area contributed by atoms with Gasteiger partial charge < -0.3 is 10.6 Å². The second kappa shape index (κ2) is 6.28. The predicted octanol–water partition coefficient (Wildman–Crippen LogP) is 2.63. The van der Waals surface area contributed by atoms with Crippen LogP contribution in [0.5, 0.6) is 0 Å². The van der Waals surface area contributed by atoms with Gasteiger partial charge in [0.2, 0.25) is 5.91 Å². The third kappa shape index (κ3) is 3.77. The van der Waals surface area contributed by atoms with Crippen molar-refractivity contribution in [2.75, 3.05) is 11.9 Å². The molecular weight excluding hydrogens is 212 g/mol. The number of amides is 1. The fourth-order valence-electron chi connectivity index (χ4n) is 1.61. The maximum Gasteiger partial charge on any atom is 0.242 e. The van der Waals surface area contributed by atoms with Crippen molar-refractivity contribution in [3.63, 3.8) is 0 Å². The Labute approximate surface area is 104 Å². The Morgan fingerprint density at radius 2 is 2.06 bits per heavy atom. The number of hydrogen-bond donors (Lipinski definition) is 2. The standard InChI is InChI=1S/C14H22N2O/c1-5-9-15-14(17)12(4)16-13-8-6-7-10(2)11(13)3/h6-8,12,16H,5,9H2,1-4H3,(H,15,17)/t12-/m1/s1. The second-order valence-electron chi connectivity index (χ2n) is 4.40. The molecule has 0 aromatic heterocycles. The average Bonchev–Trinajstić information content (AvgIpc) is 2.31. The maximum absolute atomic E-state index is 11.7. The van der Waals surface area contributed by atoms with Crippen LogP contribution in [0.25, 0.3) is 0 Å². The quantitative estimate of drug-likeness (QED) is 0.822. The van der Waals surface area contributed by atoms with Gasteiger partial charge in [0.05, 0.1) is 0 Å². The van der Waals surface area contributed by atoms with Gasteiger partial charge in [0.15, 0.2) is 0 Å². The molecule has 0 spiro atoms. The molecule has 1 amide bonds. The number of carbonyl (C=O) groups excluding carboxylic acids is 1. The molecule has 0 bridgehead atoms. The Hall–Kier alpha value is -1.51. The first-order chi connectivity index (χ1) is 8.06. The van der Waals surface area contributed by atoms with E-state index >= 15 is 0 Å². The zero-order chi connectivity index (χ0) is 12.8. The summed E-state index contributed by atoms with van der Waals surface area (Å²) in [6.07, 6.45) is 0.960. The summed E-state index contributed by atoms with van der Waals surface area (Å²) >= 11 is 0. The molecule has 0 fully saturated rings. The molecule has 94 valence electrons. The number of nitrogens with one attached hydrogen (secondary N) is 2. The highest BCUT2D eigenvalue weighted by molar-refractivity contribution is 5.84. The van der Waals surface area contributed by atoms with Crippen molar-refractivity contribution in [2.45, 2.75) is 40.2 Å². The van der Waals surface area contributed by atoms with Crippen molar-refractivity contribution in [3.05, 3.63) is 29.3 Å². The van der Waals surface area contributed by atoms with Gasteiger partial charge in [-0.2, -0.15) is 0 Å². The lowest BCUT2D eigenvalue weighted by atomic mass is 10.1. The summed E-state index contributed by atoms with van der Waals surface area (Å²) in [5.41, 5.74) is 3.46. The van der Waals surface area contributed by atoms with Crippen molar-refractivity contribution in [3.8, 4) is 0 Å². The van der Waals surface area contributed by atoms with E-state index in [1.165, 1.54) is 11.1 Å². The van der Waals surface area contributed by atoms with Crippen LogP contribution in [0.4, 0.5) is 5.69 Å². The van der Waals surface area contributed by atoms with Gasteiger partial charge >= 0.3 is 0 Å². The number of carbonyl (C=O) groups is 1. The lowest BCUT2D eigenvalue weighted by Gasteiger charge is -2.17. The van der Waals surface area contributed by atoms with Crippen LogP contribution in [0, 0.1) is 13.8 Å². The molecule has 0 unspecified atom stereocenters. The number of aryl methyl sites for hydroxylation is 1. The molecule has 0 heterocycles. The molecular formula is C14H22N2O. The van der Waals surface area contributed by atoms with E-state index in [0.717, 1.165) is 18.7 Å². The molecule has 0 aliphatic heterocycles. The SMILES string of the molecule is CCCNC(=O)[C@@H](C)Nc1cccc(C)c1C. The second-order valence-corrected chi connectivity index (χ2v) is 4.40. The van der Waals surface area contributed by atoms with Crippen LogP contribution in [0.15, 0.2) is 18.2 Å². The number of benzene rings is 1. The zero-order valence-corrected chi connectivity index (χ0v) is 11.1. The summed E-state index contributed by atoms with van der Waals surface area (Å²) < 4.78 is 0. The van der Waals surface area contributed by atoms with Gasteiger partial charge in [0.25, 0.3) is 0 Å². The normalized spacial score (nSPS) is 12.0. The molecule has 0 saturated heterocycles. The average molecular weight is 234 g/mol. The molecule has 3 nitrogen and oxygen atoms in total. The van der Waals surface area contributed by atoms with Crippen LogP contribution in [-0.4, -0.2) is 18.5 Å². The van der Waals surface area contributed by atoms with Crippen molar-refractivity contribution in [1.82, 2.24) is 5.32 Å². The smallest absolute Gasteiger partial charge is 0.242 e. The molecule has 2 N–H and O–H groups in total. The van der Waals surface area contributed by atoms with Gasteiger partial charge in [0.1, 0.15) is 6.04 Å². The van der Waals surface area contributed by atoms with Crippen molar-refractivity contribution >= 4 is 11.6 Å². The van der Waals surface area contributed by atoms with Crippen LogP contribution < -0.4 is 10.6 Å². The summed E-state index contributed by atoms with van der Waals surface area (Å²) in [7, 11) is 0. The fourth-order valence-corrected chi connectivity index (χ4v) is 1.61. The van der Waals surface area contributed by atoms with E-state index in [4.69, 9.17) is 0 Å². The zero-order valence-electron chi connectivity index (χ0n) is 11.1. The van der Waals surface area contributed by atoms with E-state index in [1.54, 1.807) is 0 Å². The van der Waals surface area contributed by atoms with Crippen LogP contribution in [-0.2, 0) is 4.79 Å². The number of hydrogen-bond acceptors (Lipinski definition) is 2. The topological polar surface area (TPSA) is 41.1 Å². The first kappa shape index (κ1) is 13.6. The molecule has 0 saturated carbocycles. The highest BCUT2D eigenvalue weighted by Crippen LogP contribution is 2.18. The Bertz CT molecular complexity index is 388. The van der Waals surface area contributed by atoms with Crippen LogP contribution in [0.3, 0.4) is 0 Å². The molecule has 3 heteroatoms. The van der Waals surface area contributed by atoms with Gasteiger partial charge in [-0.1, -0.05) is 19.1 Å². The van der Waals surface area contributed by atoms with E-state index in [1.807, 2.05) is 26.0 Å². The van der Waals surface area contributed by atoms with Crippen LogP contribution >= 0.6 is 0 Å². The van der Waals surface area contributed by atoms with E-state index in [0.29, 0.717) is 0 Å². The number of anilines is 1. The molecule has 0 aliphatic carbocycles. The molecule has 1 rings (SSSR count). The Kier molecular flexibility index (Phi) is 5.01. The first-order valence-electron chi connectivity index (χ1n) is 6.16. The Morgan fingerprint density at radius 1 is 1.35 bits per heavy atom. The first-order valence-corrected chi connectivity index (χ1v) is 6.16. The van der Waals surface area contributed by atoms with E-state index in [9.17, 15) is 4.79 Å². The lowest BCUT2D eigenvalue weighted by molar-refractivity contribution is -0.121. The van der Waals surface area contributed by atoms with E-state index in [2.05, 4.69) is 30.5 Å². The Morgan fingerprint density at radius 3 is 2.71 bits per heavy atom. The maximum atomic E-state index is 11.7. The van der Waals surface area contributed by atoms with Gasteiger partial charge in [-0.15, -0.1) is 0 Å².